The summed E-state index contributed by atoms with van der Waals surface area (Å²) in [6, 6.07) is 0. The van der Waals surface area contributed by atoms with E-state index in [2.05, 4.69) is 0 Å². The summed E-state index contributed by atoms with van der Waals surface area (Å²) >= 11 is 0. The Morgan fingerprint density at radius 1 is 0.650 bits per heavy atom. The molecule has 3 N–H and O–H groups in total. The van der Waals surface area contributed by atoms with Crippen molar-refractivity contribution >= 4 is 5.91 Å². The van der Waals surface area contributed by atoms with Gasteiger partial charge < -0.3 is 5.11 Å². The van der Waals surface area contributed by atoms with Crippen LogP contribution in [-0.2, 0) is 4.79 Å². The highest BCUT2D eigenvalue weighted by Gasteiger charge is 1.98. The number of amides is 1. The van der Waals surface area contributed by atoms with Gasteiger partial charge in [-0.3, -0.25) is 10.0 Å². The van der Waals surface area contributed by atoms with Gasteiger partial charge in [0.25, 0.3) is 0 Å². The van der Waals surface area contributed by atoms with E-state index in [9.17, 15) is 4.79 Å². The smallest absolute Gasteiger partial charge is 0.243 e. The second-order valence-corrected chi connectivity index (χ2v) is 5.60. The highest BCUT2D eigenvalue weighted by molar-refractivity contribution is 5.74. The topological polar surface area (TPSA) is 69.6 Å². The second kappa shape index (κ2) is 16.4. The van der Waals surface area contributed by atoms with Crippen LogP contribution in [0, 0.1) is 0 Å². The van der Waals surface area contributed by atoms with Gasteiger partial charge >= 0.3 is 0 Å². The lowest BCUT2D eigenvalue weighted by molar-refractivity contribution is -0.129. The Morgan fingerprint density at radius 3 is 1.35 bits per heavy atom. The number of nitrogens with one attached hydrogen (secondary N) is 1. The molecule has 0 saturated heterocycles. The summed E-state index contributed by atoms with van der Waals surface area (Å²) in [5.41, 5.74) is 1.66. The maximum atomic E-state index is 10.8. The molecule has 0 saturated carbocycles. The quantitative estimate of drug-likeness (QED) is 0.243. The Kier molecular flexibility index (Phi) is 15.9. The van der Waals surface area contributed by atoms with Crippen LogP contribution in [0.2, 0.25) is 0 Å². The molecule has 120 valence electrons. The molecule has 0 bridgehead atoms. The molecule has 0 spiro atoms. The Balaban J connectivity index is 2.97. The van der Waals surface area contributed by atoms with E-state index in [1.165, 1.54) is 64.2 Å². The molecule has 0 unspecified atom stereocenters. The summed E-state index contributed by atoms with van der Waals surface area (Å²) in [6.07, 6.45) is 16.2. The maximum Gasteiger partial charge on any atom is 0.243 e. The predicted octanol–water partition coefficient (Wildman–Crippen LogP) is 3.95. The molecule has 0 atom stereocenters. The fourth-order valence-electron chi connectivity index (χ4n) is 2.40. The van der Waals surface area contributed by atoms with Crippen molar-refractivity contribution in [3.63, 3.8) is 0 Å². The first kappa shape index (κ1) is 19.4. The summed E-state index contributed by atoms with van der Waals surface area (Å²) in [5.74, 6) is -0.274. The second-order valence-electron chi connectivity index (χ2n) is 5.60. The van der Waals surface area contributed by atoms with Crippen molar-refractivity contribution < 1.29 is 15.1 Å². The zero-order chi connectivity index (χ0) is 14.9. The van der Waals surface area contributed by atoms with E-state index in [4.69, 9.17) is 10.3 Å². The summed E-state index contributed by atoms with van der Waals surface area (Å²) in [5, 5.41) is 17.0. The molecule has 0 aliphatic carbocycles. The van der Waals surface area contributed by atoms with Crippen LogP contribution in [-0.4, -0.2) is 22.8 Å². The van der Waals surface area contributed by atoms with Crippen LogP contribution >= 0.6 is 0 Å². The molecule has 0 rings (SSSR count). The van der Waals surface area contributed by atoms with Crippen LogP contribution in [0.15, 0.2) is 0 Å². The van der Waals surface area contributed by atoms with Crippen molar-refractivity contribution in [2.75, 3.05) is 6.61 Å². The molecule has 0 radical (unpaired) electrons. The van der Waals surface area contributed by atoms with Gasteiger partial charge in [-0.2, -0.15) is 0 Å². The Bertz CT molecular complexity index is 210. The number of carbonyl (C=O) groups is 1. The maximum absolute atomic E-state index is 10.8. The zero-order valence-electron chi connectivity index (χ0n) is 12.9. The molecule has 0 fully saturated rings. The van der Waals surface area contributed by atoms with E-state index in [0.29, 0.717) is 13.0 Å². The molecular weight excluding hydrogens is 254 g/mol. The minimum Gasteiger partial charge on any atom is -0.396 e. The summed E-state index contributed by atoms with van der Waals surface area (Å²) in [4.78, 5) is 10.8. The number of aliphatic hydroxyl groups excluding tert-OH is 1. The van der Waals surface area contributed by atoms with Gasteiger partial charge in [0.15, 0.2) is 0 Å². The summed E-state index contributed by atoms with van der Waals surface area (Å²) < 4.78 is 0. The first-order chi connectivity index (χ1) is 9.81. The van der Waals surface area contributed by atoms with Crippen LogP contribution in [0.1, 0.15) is 89.9 Å². The first-order valence-corrected chi connectivity index (χ1v) is 8.35. The predicted molar refractivity (Wildman–Crippen MR) is 81.7 cm³/mol. The fraction of sp³-hybridized carbons (Fsp3) is 0.938. The number of carbonyl (C=O) groups excluding carboxylic acids is 1. The Morgan fingerprint density at radius 2 is 1.00 bits per heavy atom. The van der Waals surface area contributed by atoms with Crippen LogP contribution in [0.25, 0.3) is 0 Å². The van der Waals surface area contributed by atoms with E-state index < -0.39 is 0 Å². The molecular formula is C16H33NO3. The van der Waals surface area contributed by atoms with Gasteiger partial charge in [-0.1, -0.05) is 70.6 Å². The molecule has 4 heteroatoms. The first-order valence-electron chi connectivity index (χ1n) is 8.35. The monoisotopic (exact) mass is 287 g/mol. The average Bonchev–Trinajstić information content (AvgIpc) is 2.47. The van der Waals surface area contributed by atoms with Crippen LogP contribution in [0.4, 0.5) is 0 Å². The number of hydroxylamine groups is 1. The van der Waals surface area contributed by atoms with Crippen molar-refractivity contribution in [3.8, 4) is 0 Å². The minimum atomic E-state index is -0.274. The molecule has 0 aromatic carbocycles. The zero-order valence-corrected chi connectivity index (χ0v) is 12.9. The highest BCUT2D eigenvalue weighted by atomic mass is 16.5. The molecule has 4 nitrogen and oxygen atoms in total. The number of hydrogen-bond acceptors (Lipinski definition) is 3. The molecule has 0 aromatic heterocycles. The van der Waals surface area contributed by atoms with E-state index in [-0.39, 0.29) is 5.91 Å². The summed E-state index contributed by atoms with van der Waals surface area (Å²) in [7, 11) is 0. The van der Waals surface area contributed by atoms with E-state index in [1.807, 2.05) is 0 Å². The van der Waals surface area contributed by atoms with Crippen molar-refractivity contribution in [1.82, 2.24) is 5.48 Å². The van der Waals surface area contributed by atoms with Crippen LogP contribution in [0.5, 0.6) is 0 Å². The molecule has 1 amide bonds. The van der Waals surface area contributed by atoms with Gasteiger partial charge in [0.2, 0.25) is 5.91 Å². The van der Waals surface area contributed by atoms with Crippen molar-refractivity contribution in [2.24, 2.45) is 0 Å². The largest absolute Gasteiger partial charge is 0.396 e. The van der Waals surface area contributed by atoms with E-state index in [1.54, 1.807) is 5.48 Å². The summed E-state index contributed by atoms with van der Waals surface area (Å²) in [6.45, 7) is 0.338. The number of hydrogen-bond donors (Lipinski definition) is 3. The van der Waals surface area contributed by atoms with Gasteiger partial charge in [-0.15, -0.1) is 0 Å². The molecule has 0 heterocycles. The van der Waals surface area contributed by atoms with E-state index >= 15 is 0 Å². The highest BCUT2D eigenvalue weighted by Crippen LogP contribution is 2.12. The van der Waals surface area contributed by atoms with E-state index in [0.717, 1.165) is 19.3 Å². The van der Waals surface area contributed by atoms with Gasteiger partial charge in [0.05, 0.1) is 0 Å². The minimum absolute atomic E-state index is 0.274. The van der Waals surface area contributed by atoms with Crippen molar-refractivity contribution in [3.05, 3.63) is 0 Å². The normalized spacial score (nSPS) is 10.7. The lowest BCUT2D eigenvalue weighted by atomic mass is 10.0. The van der Waals surface area contributed by atoms with Crippen LogP contribution < -0.4 is 5.48 Å². The third-order valence-electron chi connectivity index (χ3n) is 3.69. The fourth-order valence-corrected chi connectivity index (χ4v) is 2.40. The van der Waals surface area contributed by atoms with Crippen molar-refractivity contribution in [1.29, 1.82) is 0 Å². The third kappa shape index (κ3) is 15.4. The Hall–Kier alpha value is -0.610. The average molecular weight is 287 g/mol. The standard InChI is InChI=1S/C16H33NO3/c18-15-13-11-9-7-5-3-1-2-4-6-8-10-12-14-16(19)17-20/h18,20H,1-15H2,(H,17,19). The molecule has 0 aliphatic heterocycles. The number of rotatable bonds is 15. The van der Waals surface area contributed by atoms with Gasteiger partial charge in [0.1, 0.15) is 0 Å². The number of unbranched alkanes of at least 4 members (excludes halogenated alkanes) is 12. The number of aliphatic hydroxyl groups is 1. The van der Waals surface area contributed by atoms with Gasteiger partial charge in [-0.25, -0.2) is 5.48 Å². The van der Waals surface area contributed by atoms with Crippen molar-refractivity contribution in [2.45, 2.75) is 89.9 Å². The SMILES string of the molecule is O=C(CCCCCCCCCCCCCCCO)NO. The van der Waals surface area contributed by atoms with Gasteiger partial charge in [-0.05, 0) is 12.8 Å². The molecule has 20 heavy (non-hydrogen) atoms. The lowest BCUT2D eigenvalue weighted by Crippen LogP contribution is -2.17. The third-order valence-corrected chi connectivity index (χ3v) is 3.69. The molecule has 0 aliphatic rings. The van der Waals surface area contributed by atoms with Gasteiger partial charge in [0, 0.05) is 13.0 Å². The lowest BCUT2D eigenvalue weighted by Gasteiger charge is -2.03. The molecule has 0 aromatic rings. The van der Waals surface area contributed by atoms with Crippen LogP contribution in [0.3, 0.4) is 0 Å². The Labute approximate surface area is 123 Å².